The minimum Gasteiger partial charge on any atom is -0.303 e. The van der Waals surface area contributed by atoms with E-state index >= 15 is 0 Å². The first kappa shape index (κ1) is 11.3. The molecule has 14 heavy (non-hydrogen) atoms. The molecule has 65 valence electrons. The van der Waals surface area contributed by atoms with E-state index in [1.807, 2.05) is 31.2 Å². The maximum absolute atomic E-state index is 8.63. The second-order valence-electron chi connectivity index (χ2n) is 2.90. The number of pyridine rings is 1. The molecule has 0 aliphatic heterocycles. The van der Waals surface area contributed by atoms with Crippen LogP contribution < -0.4 is 0 Å². The fraction of sp³-hybridized carbons (Fsp3) is 0.0909. The van der Waals surface area contributed by atoms with Gasteiger partial charge in [0, 0.05) is 32.7 Å². The van der Waals surface area contributed by atoms with E-state index in [2.05, 4.69) is 11.1 Å². The monoisotopic (exact) mass is 256 g/mol. The maximum atomic E-state index is 8.63. The zero-order valence-corrected chi connectivity index (χ0v) is 10.6. The summed E-state index contributed by atoms with van der Waals surface area (Å²) in [4.78, 5) is 4.14. The Balaban J connectivity index is 0.000000980. The number of benzene rings is 1. The molecular formula is C11H7N2Y-. The van der Waals surface area contributed by atoms with Crippen molar-refractivity contribution in [1.29, 1.82) is 5.26 Å². The van der Waals surface area contributed by atoms with E-state index in [1.165, 1.54) is 0 Å². The van der Waals surface area contributed by atoms with Gasteiger partial charge in [-0.05, 0) is 11.6 Å². The SMILES string of the molecule is Cc1[c-]cc2nc(C#N)ccc2c1.[Y]. The smallest absolute Gasteiger partial charge is 0.127 e. The maximum Gasteiger partial charge on any atom is 0.127 e. The first-order chi connectivity index (χ1) is 6.29. The van der Waals surface area contributed by atoms with Gasteiger partial charge in [-0.15, -0.1) is 5.39 Å². The molecule has 0 N–H and O–H groups in total. The van der Waals surface area contributed by atoms with Crippen molar-refractivity contribution in [3.8, 4) is 6.07 Å². The van der Waals surface area contributed by atoms with E-state index in [-0.39, 0.29) is 32.7 Å². The number of fused-ring (bicyclic) bond motifs is 1. The van der Waals surface area contributed by atoms with Crippen LogP contribution in [0.4, 0.5) is 0 Å². The first-order valence-electron chi connectivity index (χ1n) is 3.99. The van der Waals surface area contributed by atoms with E-state index in [0.29, 0.717) is 5.69 Å². The van der Waals surface area contributed by atoms with Gasteiger partial charge in [0.1, 0.15) is 11.8 Å². The number of rotatable bonds is 0. The number of nitriles is 1. The molecule has 2 nitrogen and oxygen atoms in total. The number of hydrogen-bond donors (Lipinski definition) is 0. The Morgan fingerprint density at radius 1 is 1.43 bits per heavy atom. The van der Waals surface area contributed by atoms with Crippen molar-refractivity contribution >= 4 is 10.9 Å². The molecule has 0 saturated carbocycles. The van der Waals surface area contributed by atoms with Crippen LogP contribution in [0.15, 0.2) is 24.3 Å². The molecule has 2 rings (SSSR count). The summed E-state index contributed by atoms with van der Waals surface area (Å²) >= 11 is 0. The molecule has 0 fully saturated rings. The van der Waals surface area contributed by atoms with Crippen molar-refractivity contribution in [2.45, 2.75) is 6.92 Å². The first-order valence-corrected chi connectivity index (χ1v) is 3.99. The normalized spacial score (nSPS) is 9.14. The summed E-state index contributed by atoms with van der Waals surface area (Å²) < 4.78 is 0. The zero-order valence-electron chi connectivity index (χ0n) is 7.78. The van der Waals surface area contributed by atoms with Crippen LogP contribution in [0, 0.1) is 24.3 Å². The summed E-state index contributed by atoms with van der Waals surface area (Å²) in [5.41, 5.74) is 2.36. The van der Waals surface area contributed by atoms with Crippen molar-refractivity contribution < 1.29 is 32.7 Å². The molecule has 1 aromatic carbocycles. The summed E-state index contributed by atoms with van der Waals surface area (Å²) in [6.07, 6.45) is 0. The summed E-state index contributed by atoms with van der Waals surface area (Å²) in [5, 5.41) is 9.68. The minimum atomic E-state index is 0. The van der Waals surface area contributed by atoms with Crippen molar-refractivity contribution in [3.05, 3.63) is 41.6 Å². The van der Waals surface area contributed by atoms with Gasteiger partial charge < -0.3 is 4.98 Å². The van der Waals surface area contributed by atoms with Gasteiger partial charge in [-0.2, -0.15) is 29.0 Å². The minimum absolute atomic E-state index is 0. The van der Waals surface area contributed by atoms with Crippen LogP contribution in [0.1, 0.15) is 11.3 Å². The van der Waals surface area contributed by atoms with E-state index in [4.69, 9.17) is 5.26 Å². The van der Waals surface area contributed by atoms with Crippen LogP contribution >= 0.6 is 0 Å². The second kappa shape index (κ2) is 4.64. The van der Waals surface area contributed by atoms with Gasteiger partial charge >= 0.3 is 0 Å². The number of aryl methyl sites for hydroxylation is 1. The third kappa shape index (κ3) is 2.18. The van der Waals surface area contributed by atoms with Crippen LogP contribution in [0.2, 0.25) is 0 Å². The molecule has 0 spiro atoms. The topological polar surface area (TPSA) is 36.7 Å². The Labute approximate surface area is 108 Å². The zero-order chi connectivity index (χ0) is 9.26. The third-order valence-corrected chi connectivity index (χ3v) is 1.88. The van der Waals surface area contributed by atoms with Crippen molar-refractivity contribution in [1.82, 2.24) is 4.98 Å². The van der Waals surface area contributed by atoms with Crippen LogP contribution in [-0.2, 0) is 32.7 Å². The van der Waals surface area contributed by atoms with Gasteiger partial charge in [-0.25, -0.2) is 0 Å². The molecule has 0 atom stereocenters. The van der Waals surface area contributed by atoms with Gasteiger partial charge in [0.25, 0.3) is 0 Å². The quantitative estimate of drug-likeness (QED) is 0.677. The fourth-order valence-corrected chi connectivity index (χ4v) is 1.24. The Hall–Kier alpha value is -0.776. The number of hydrogen-bond acceptors (Lipinski definition) is 2. The van der Waals surface area contributed by atoms with Gasteiger partial charge in [0.05, 0.1) is 0 Å². The number of aromatic nitrogens is 1. The van der Waals surface area contributed by atoms with E-state index < -0.39 is 0 Å². The Kier molecular flexibility index (Phi) is 3.74. The molecular weight excluding hydrogens is 249 g/mol. The van der Waals surface area contributed by atoms with Crippen molar-refractivity contribution in [2.24, 2.45) is 0 Å². The van der Waals surface area contributed by atoms with Crippen LogP contribution in [-0.4, -0.2) is 4.98 Å². The summed E-state index contributed by atoms with van der Waals surface area (Å²) in [6.45, 7) is 1.98. The molecule has 0 bridgehead atoms. The summed E-state index contributed by atoms with van der Waals surface area (Å²) in [7, 11) is 0. The molecule has 1 aromatic heterocycles. The van der Waals surface area contributed by atoms with E-state index in [1.54, 1.807) is 6.07 Å². The summed E-state index contributed by atoms with van der Waals surface area (Å²) in [6, 6.07) is 12.5. The van der Waals surface area contributed by atoms with Crippen molar-refractivity contribution in [3.63, 3.8) is 0 Å². The average molecular weight is 256 g/mol. The second-order valence-corrected chi connectivity index (χ2v) is 2.90. The molecule has 1 heterocycles. The fourth-order valence-electron chi connectivity index (χ4n) is 1.24. The van der Waals surface area contributed by atoms with Crippen LogP contribution in [0.5, 0.6) is 0 Å². The Bertz CT molecular complexity index is 500. The predicted molar refractivity (Wildman–Crippen MR) is 50.0 cm³/mol. The Morgan fingerprint density at radius 3 is 2.93 bits per heavy atom. The molecule has 2 aromatic rings. The largest absolute Gasteiger partial charge is 0.303 e. The van der Waals surface area contributed by atoms with Gasteiger partial charge in [-0.1, -0.05) is 13.0 Å². The molecule has 0 amide bonds. The molecule has 0 aliphatic carbocycles. The van der Waals surface area contributed by atoms with Crippen LogP contribution in [0.3, 0.4) is 0 Å². The van der Waals surface area contributed by atoms with Gasteiger partial charge in [0.15, 0.2) is 0 Å². The molecule has 0 aliphatic rings. The third-order valence-electron chi connectivity index (χ3n) is 1.88. The molecule has 3 heteroatoms. The average Bonchev–Trinajstić information content (AvgIpc) is 2.17. The summed E-state index contributed by atoms with van der Waals surface area (Å²) in [5.74, 6) is 0. The van der Waals surface area contributed by atoms with Crippen molar-refractivity contribution in [2.75, 3.05) is 0 Å². The van der Waals surface area contributed by atoms with Gasteiger partial charge in [-0.3, -0.25) is 0 Å². The predicted octanol–water partition coefficient (Wildman–Crippen LogP) is 2.21. The van der Waals surface area contributed by atoms with Gasteiger partial charge in [0.2, 0.25) is 0 Å². The molecule has 0 unspecified atom stereocenters. The number of nitrogens with zero attached hydrogens (tertiary/aromatic N) is 2. The van der Waals surface area contributed by atoms with E-state index in [0.717, 1.165) is 16.5 Å². The Morgan fingerprint density at radius 2 is 2.21 bits per heavy atom. The van der Waals surface area contributed by atoms with Crippen LogP contribution in [0.25, 0.3) is 10.9 Å². The van der Waals surface area contributed by atoms with E-state index in [9.17, 15) is 0 Å². The standard InChI is InChI=1S/C11H7N2.Y/c1-8-2-5-11-9(6-8)3-4-10(7-12)13-11;/h3-6H,1H3;/q-1;. The molecule has 0 saturated heterocycles. The molecule has 1 radical (unpaired) electrons.